The lowest BCUT2D eigenvalue weighted by Crippen LogP contribution is -2.40. The number of aliphatic hydroxyl groups excluding tert-OH is 1. The number of benzene rings is 1. The third-order valence-corrected chi connectivity index (χ3v) is 3.79. The Morgan fingerprint density at radius 1 is 1.32 bits per heavy atom. The highest BCUT2D eigenvalue weighted by Crippen LogP contribution is 2.20. The first kappa shape index (κ1) is 14.7. The minimum absolute atomic E-state index is 0.0224. The Labute approximate surface area is 127 Å². The van der Waals surface area contributed by atoms with Crippen LogP contribution >= 0.6 is 0 Å². The fraction of sp³-hybridized carbons (Fsp3) is 0.375. The van der Waals surface area contributed by atoms with Crippen molar-refractivity contribution in [2.45, 2.75) is 25.4 Å². The minimum Gasteiger partial charge on any atom is -0.444 e. The van der Waals surface area contributed by atoms with E-state index in [1.54, 1.807) is 17.0 Å². The van der Waals surface area contributed by atoms with Crippen LogP contribution in [0.25, 0.3) is 11.5 Å². The Morgan fingerprint density at radius 3 is 2.68 bits per heavy atom. The zero-order valence-corrected chi connectivity index (χ0v) is 12.0. The monoisotopic (exact) mass is 304 g/mol. The molecule has 0 unspecified atom stereocenters. The molecule has 6 heteroatoms. The average molecular weight is 304 g/mol. The molecule has 1 aliphatic heterocycles. The minimum atomic E-state index is -0.321. The second-order valence-electron chi connectivity index (χ2n) is 5.44. The maximum atomic E-state index is 12.9. The lowest BCUT2D eigenvalue weighted by molar-refractivity contribution is -0.132. The lowest BCUT2D eigenvalue weighted by atomic mass is 10.1. The van der Waals surface area contributed by atoms with E-state index < -0.39 is 0 Å². The standard InChI is InChI=1S/C16H17FN2O3/c17-12-3-1-11(2-4-12)16-18-13(10-22-16)9-15(21)19-7-5-14(20)6-8-19/h1-4,10,14,20H,5-9H2. The van der Waals surface area contributed by atoms with E-state index in [9.17, 15) is 14.3 Å². The molecule has 0 spiro atoms. The van der Waals surface area contributed by atoms with Gasteiger partial charge in [-0.1, -0.05) is 0 Å². The van der Waals surface area contributed by atoms with Crippen molar-refractivity contribution < 1.29 is 18.7 Å². The Bertz CT molecular complexity index is 646. The Hall–Kier alpha value is -2.21. The molecule has 0 bridgehead atoms. The van der Waals surface area contributed by atoms with E-state index in [2.05, 4.69) is 4.98 Å². The van der Waals surface area contributed by atoms with E-state index in [1.165, 1.54) is 18.4 Å². The lowest BCUT2D eigenvalue weighted by Gasteiger charge is -2.29. The molecule has 2 aromatic rings. The van der Waals surface area contributed by atoms with Crippen molar-refractivity contribution in [2.75, 3.05) is 13.1 Å². The van der Waals surface area contributed by atoms with Crippen LogP contribution in [0.2, 0.25) is 0 Å². The number of carbonyl (C=O) groups excluding carboxylic acids is 1. The molecule has 1 aromatic heterocycles. The largest absolute Gasteiger partial charge is 0.444 e. The van der Waals surface area contributed by atoms with Gasteiger partial charge in [-0.25, -0.2) is 9.37 Å². The van der Waals surface area contributed by atoms with Crippen LogP contribution in [-0.2, 0) is 11.2 Å². The predicted molar refractivity (Wildman–Crippen MR) is 77.4 cm³/mol. The fourth-order valence-electron chi connectivity index (χ4n) is 2.50. The first-order valence-corrected chi connectivity index (χ1v) is 7.28. The van der Waals surface area contributed by atoms with Crippen LogP contribution in [-0.4, -0.2) is 40.1 Å². The number of carbonyl (C=O) groups is 1. The van der Waals surface area contributed by atoms with Crippen LogP contribution in [0.1, 0.15) is 18.5 Å². The van der Waals surface area contributed by atoms with Gasteiger partial charge in [0.15, 0.2) is 0 Å². The molecule has 5 nitrogen and oxygen atoms in total. The number of oxazole rings is 1. The molecular weight excluding hydrogens is 287 g/mol. The van der Waals surface area contributed by atoms with E-state index in [1.807, 2.05) is 0 Å². The highest BCUT2D eigenvalue weighted by Gasteiger charge is 2.22. The summed E-state index contributed by atoms with van der Waals surface area (Å²) in [6.07, 6.45) is 2.55. The highest BCUT2D eigenvalue weighted by molar-refractivity contribution is 5.78. The SMILES string of the molecule is O=C(Cc1coc(-c2ccc(F)cc2)n1)N1CCC(O)CC1. The van der Waals surface area contributed by atoms with Crippen LogP contribution in [0.15, 0.2) is 34.9 Å². The van der Waals surface area contributed by atoms with Gasteiger partial charge in [0.1, 0.15) is 12.1 Å². The van der Waals surface area contributed by atoms with Crippen LogP contribution in [0.3, 0.4) is 0 Å². The summed E-state index contributed by atoms with van der Waals surface area (Å²) in [5.41, 5.74) is 1.22. The summed E-state index contributed by atoms with van der Waals surface area (Å²) in [6.45, 7) is 1.14. The summed E-state index contributed by atoms with van der Waals surface area (Å²) in [5, 5.41) is 9.46. The smallest absolute Gasteiger partial charge is 0.228 e. The normalized spacial score (nSPS) is 16.0. The molecule has 1 amide bonds. The zero-order valence-electron chi connectivity index (χ0n) is 12.0. The predicted octanol–water partition coefficient (Wildman–Crippen LogP) is 2.01. The number of piperidine rings is 1. The summed E-state index contributed by atoms with van der Waals surface area (Å²) in [4.78, 5) is 18.2. The molecular formula is C16H17FN2O3. The number of nitrogens with zero attached hydrogens (tertiary/aromatic N) is 2. The van der Waals surface area contributed by atoms with Gasteiger partial charge in [-0.3, -0.25) is 4.79 Å². The van der Waals surface area contributed by atoms with Crippen LogP contribution in [0.4, 0.5) is 4.39 Å². The maximum Gasteiger partial charge on any atom is 0.228 e. The molecule has 0 atom stereocenters. The van der Waals surface area contributed by atoms with Crippen LogP contribution in [0.5, 0.6) is 0 Å². The van der Waals surface area contributed by atoms with Gasteiger partial charge in [0.25, 0.3) is 0 Å². The number of likely N-dealkylation sites (tertiary alicyclic amines) is 1. The van der Waals surface area contributed by atoms with Crippen molar-refractivity contribution in [1.82, 2.24) is 9.88 Å². The molecule has 0 aliphatic carbocycles. The topological polar surface area (TPSA) is 66.6 Å². The van der Waals surface area contributed by atoms with Gasteiger partial charge in [-0.05, 0) is 37.1 Å². The number of aliphatic hydroxyl groups is 1. The quantitative estimate of drug-likeness (QED) is 0.942. The number of rotatable bonds is 3. The van der Waals surface area contributed by atoms with Gasteiger partial charge < -0.3 is 14.4 Å². The molecule has 1 aromatic carbocycles. The van der Waals surface area contributed by atoms with E-state index in [-0.39, 0.29) is 24.2 Å². The third-order valence-electron chi connectivity index (χ3n) is 3.79. The summed E-state index contributed by atoms with van der Waals surface area (Å²) >= 11 is 0. The Kier molecular flexibility index (Phi) is 4.20. The van der Waals surface area contributed by atoms with Crippen molar-refractivity contribution in [2.24, 2.45) is 0 Å². The van der Waals surface area contributed by atoms with E-state index in [0.29, 0.717) is 43.1 Å². The molecule has 1 N–H and O–H groups in total. The average Bonchev–Trinajstić information content (AvgIpc) is 2.97. The zero-order chi connectivity index (χ0) is 15.5. The second-order valence-corrected chi connectivity index (χ2v) is 5.44. The molecule has 0 saturated carbocycles. The molecule has 1 saturated heterocycles. The number of hydrogen-bond donors (Lipinski definition) is 1. The highest BCUT2D eigenvalue weighted by atomic mass is 19.1. The van der Waals surface area contributed by atoms with Crippen molar-refractivity contribution in [3.63, 3.8) is 0 Å². The molecule has 22 heavy (non-hydrogen) atoms. The van der Waals surface area contributed by atoms with Crippen molar-refractivity contribution in [1.29, 1.82) is 0 Å². The van der Waals surface area contributed by atoms with Gasteiger partial charge >= 0.3 is 0 Å². The molecule has 3 rings (SSSR count). The first-order valence-electron chi connectivity index (χ1n) is 7.28. The molecule has 1 aliphatic rings. The van der Waals surface area contributed by atoms with E-state index in [4.69, 9.17) is 4.42 Å². The third kappa shape index (κ3) is 3.33. The van der Waals surface area contributed by atoms with Crippen LogP contribution in [0, 0.1) is 5.82 Å². The number of halogens is 1. The van der Waals surface area contributed by atoms with Crippen molar-refractivity contribution in [3.8, 4) is 11.5 Å². The summed E-state index contributed by atoms with van der Waals surface area (Å²) < 4.78 is 18.2. The molecule has 0 radical (unpaired) electrons. The summed E-state index contributed by atoms with van der Waals surface area (Å²) in [7, 11) is 0. The summed E-state index contributed by atoms with van der Waals surface area (Å²) in [6, 6.07) is 5.84. The number of amides is 1. The van der Waals surface area contributed by atoms with Gasteiger partial charge in [0.2, 0.25) is 11.8 Å². The van der Waals surface area contributed by atoms with Gasteiger partial charge in [-0.2, -0.15) is 0 Å². The summed E-state index contributed by atoms with van der Waals surface area (Å²) in [5.74, 6) is 0.0284. The van der Waals surface area contributed by atoms with Crippen molar-refractivity contribution in [3.05, 3.63) is 42.0 Å². The van der Waals surface area contributed by atoms with Gasteiger partial charge in [0.05, 0.1) is 18.2 Å². The second kappa shape index (κ2) is 6.27. The molecule has 116 valence electrons. The van der Waals surface area contributed by atoms with E-state index in [0.717, 1.165) is 0 Å². The number of hydrogen-bond acceptors (Lipinski definition) is 4. The Morgan fingerprint density at radius 2 is 2.00 bits per heavy atom. The molecule has 1 fully saturated rings. The molecule has 2 heterocycles. The Balaban J connectivity index is 1.64. The van der Waals surface area contributed by atoms with Gasteiger partial charge in [-0.15, -0.1) is 0 Å². The fourth-order valence-corrected chi connectivity index (χ4v) is 2.50. The maximum absolute atomic E-state index is 12.9. The first-order chi connectivity index (χ1) is 10.6. The van der Waals surface area contributed by atoms with Crippen molar-refractivity contribution >= 4 is 5.91 Å². The van der Waals surface area contributed by atoms with Crippen LogP contribution < -0.4 is 0 Å². The van der Waals surface area contributed by atoms with E-state index >= 15 is 0 Å². The van der Waals surface area contributed by atoms with Gasteiger partial charge in [0, 0.05) is 18.7 Å². The number of aromatic nitrogens is 1.